The molecule has 6 heteroatoms. The third kappa shape index (κ3) is 6.56. The molecular weight excluding hydrogens is 276 g/mol. The zero-order valence-electron chi connectivity index (χ0n) is 11.9. The zero-order valence-corrected chi connectivity index (χ0v) is 12.8. The zero-order chi connectivity index (χ0) is 15.0. The number of amides is 2. The standard InChI is InChI=1S/C14H22N2O3S/c1-10-7-8-12(20-10)11(2)16-14(19)15-9-5-3-4-6-13(17)18/h7-8,11H,3-6,9H2,1-2H3,(H,17,18)(H2,15,16,19). The third-order valence-electron chi connectivity index (χ3n) is 2.89. The van der Waals surface area contributed by atoms with Gasteiger partial charge in [0.05, 0.1) is 6.04 Å². The van der Waals surface area contributed by atoms with Gasteiger partial charge in [-0.2, -0.15) is 0 Å². The van der Waals surface area contributed by atoms with Crippen molar-refractivity contribution in [3.8, 4) is 0 Å². The highest BCUT2D eigenvalue weighted by Crippen LogP contribution is 2.21. The Bertz CT molecular complexity index is 445. The average Bonchev–Trinajstić information content (AvgIpc) is 2.80. The topological polar surface area (TPSA) is 78.4 Å². The van der Waals surface area contributed by atoms with Crippen LogP contribution in [0.2, 0.25) is 0 Å². The van der Waals surface area contributed by atoms with Crippen molar-refractivity contribution in [2.75, 3.05) is 6.54 Å². The molecule has 3 N–H and O–H groups in total. The van der Waals surface area contributed by atoms with Crippen molar-refractivity contribution in [3.63, 3.8) is 0 Å². The van der Waals surface area contributed by atoms with Crippen LogP contribution in [0.15, 0.2) is 12.1 Å². The van der Waals surface area contributed by atoms with Crippen molar-refractivity contribution >= 4 is 23.3 Å². The molecule has 0 aliphatic carbocycles. The summed E-state index contributed by atoms with van der Waals surface area (Å²) in [6.45, 7) is 4.57. The molecule has 112 valence electrons. The predicted octanol–water partition coefficient (Wildman–Crippen LogP) is 3.06. The van der Waals surface area contributed by atoms with E-state index >= 15 is 0 Å². The monoisotopic (exact) mass is 298 g/mol. The van der Waals surface area contributed by atoms with Crippen LogP contribution in [0.4, 0.5) is 4.79 Å². The molecule has 0 radical (unpaired) electrons. The second kappa shape index (κ2) is 8.58. The number of carbonyl (C=O) groups excluding carboxylic acids is 1. The van der Waals surface area contributed by atoms with E-state index < -0.39 is 5.97 Å². The minimum Gasteiger partial charge on any atom is -0.481 e. The maximum Gasteiger partial charge on any atom is 0.315 e. The molecule has 0 aromatic carbocycles. The Hall–Kier alpha value is -1.56. The van der Waals surface area contributed by atoms with Gasteiger partial charge in [0.1, 0.15) is 0 Å². The molecule has 1 unspecified atom stereocenters. The average molecular weight is 298 g/mol. The normalized spacial score (nSPS) is 11.9. The molecule has 0 saturated heterocycles. The summed E-state index contributed by atoms with van der Waals surface area (Å²) >= 11 is 1.68. The summed E-state index contributed by atoms with van der Waals surface area (Å²) in [5.41, 5.74) is 0. The number of nitrogens with one attached hydrogen (secondary N) is 2. The molecule has 20 heavy (non-hydrogen) atoms. The van der Waals surface area contributed by atoms with E-state index in [0.717, 1.165) is 17.7 Å². The lowest BCUT2D eigenvalue weighted by Gasteiger charge is -2.13. The molecule has 0 aliphatic heterocycles. The number of thiophene rings is 1. The van der Waals surface area contributed by atoms with Crippen molar-refractivity contribution < 1.29 is 14.7 Å². The molecule has 0 aliphatic rings. The van der Waals surface area contributed by atoms with E-state index in [-0.39, 0.29) is 18.5 Å². The number of hydrogen-bond donors (Lipinski definition) is 3. The fourth-order valence-corrected chi connectivity index (χ4v) is 2.66. The quantitative estimate of drug-likeness (QED) is 0.645. The molecule has 1 heterocycles. The molecular formula is C14H22N2O3S. The number of aliphatic carboxylic acids is 1. The summed E-state index contributed by atoms with van der Waals surface area (Å²) in [4.78, 5) is 24.3. The first-order chi connectivity index (χ1) is 9.49. The third-order valence-corrected chi connectivity index (χ3v) is 4.07. The van der Waals surface area contributed by atoms with Gasteiger partial charge in [-0.05, 0) is 38.8 Å². The number of aryl methyl sites for hydroxylation is 1. The van der Waals surface area contributed by atoms with E-state index in [2.05, 4.69) is 10.6 Å². The molecule has 1 aromatic rings. The van der Waals surface area contributed by atoms with Gasteiger partial charge in [-0.3, -0.25) is 4.79 Å². The van der Waals surface area contributed by atoms with Gasteiger partial charge in [0.15, 0.2) is 0 Å². The SMILES string of the molecule is Cc1ccc(C(C)NC(=O)NCCCCCC(=O)O)s1. The minimum absolute atomic E-state index is 0.000658. The van der Waals surface area contributed by atoms with E-state index in [1.807, 2.05) is 26.0 Å². The van der Waals surface area contributed by atoms with Crippen LogP contribution in [0.25, 0.3) is 0 Å². The van der Waals surface area contributed by atoms with Crippen molar-refractivity contribution in [1.29, 1.82) is 0 Å². The number of urea groups is 1. The van der Waals surface area contributed by atoms with Crippen molar-refractivity contribution in [1.82, 2.24) is 10.6 Å². The Morgan fingerprint density at radius 3 is 2.65 bits per heavy atom. The van der Waals surface area contributed by atoms with Crippen molar-refractivity contribution in [2.24, 2.45) is 0 Å². The highest BCUT2D eigenvalue weighted by Gasteiger charge is 2.10. The lowest BCUT2D eigenvalue weighted by Crippen LogP contribution is -2.37. The number of carboxylic acids is 1. The van der Waals surface area contributed by atoms with Crippen LogP contribution in [0.3, 0.4) is 0 Å². The van der Waals surface area contributed by atoms with Crippen molar-refractivity contribution in [3.05, 3.63) is 21.9 Å². The van der Waals surface area contributed by atoms with Gasteiger partial charge in [0, 0.05) is 22.7 Å². The van der Waals surface area contributed by atoms with Crippen LogP contribution in [-0.4, -0.2) is 23.7 Å². The van der Waals surface area contributed by atoms with E-state index in [9.17, 15) is 9.59 Å². The Kier molecular flexibility index (Phi) is 7.08. The Balaban J connectivity index is 2.12. The van der Waals surface area contributed by atoms with Crippen LogP contribution in [0.5, 0.6) is 0 Å². The fourth-order valence-electron chi connectivity index (χ4n) is 1.78. The number of unbranched alkanes of at least 4 members (excludes halogenated alkanes) is 2. The first-order valence-electron chi connectivity index (χ1n) is 6.81. The fraction of sp³-hybridized carbons (Fsp3) is 0.571. The molecule has 1 aromatic heterocycles. The molecule has 0 saturated carbocycles. The molecule has 0 fully saturated rings. The molecule has 0 spiro atoms. The van der Waals surface area contributed by atoms with Crippen LogP contribution in [-0.2, 0) is 4.79 Å². The number of rotatable bonds is 8. The first kappa shape index (κ1) is 16.5. The number of hydrogen-bond acceptors (Lipinski definition) is 3. The van der Waals surface area contributed by atoms with Gasteiger partial charge >= 0.3 is 12.0 Å². The van der Waals surface area contributed by atoms with Crippen LogP contribution in [0.1, 0.15) is 48.4 Å². The smallest absolute Gasteiger partial charge is 0.315 e. The molecule has 2 amide bonds. The minimum atomic E-state index is -0.768. The molecule has 1 atom stereocenters. The van der Waals surface area contributed by atoms with E-state index in [4.69, 9.17) is 5.11 Å². The van der Waals surface area contributed by atoms with Gasteiger partial charge in [0.2, 0.25) is 0 Å². The highest BCUT2D eigenvalue weighted by molar-refractivity contribution is 7.12. The van der Waals surface area contributed by atoms with Gasteiger partial charge in [0.25, 0.3) is 0 Å². The number of carbonyl (C=O) groups is 2. The Morgan fingerprint density at radius 2 is 2.05 bits per heavy atom. The molecule has 1 rings (SSSR count). The maximum atomic E-state index is 11.7. The highest BCUT2D eigenvalue weighted by atomic mass is 32.1. The number of carboxylic acid groups (broad SMARTS) is 1. The lowest BCUT2D eigenvalue weighted by molar-refractivity contribution is -0.137. The maximum absolute atomic E-state index is 11.7. The van der Waals surface area contributed by atoms with Crippen molar-refractivity contribution in [2.45, 2.75) is 45.6 Å². The summed E-state index contributed by atoms with van der Waals surface area (Å²) in [7, 11) is 0. The van der Waals surface area contributed by atoms with E-state index in [1.165, 1.54) is 4.88 Å². The van der Waals surface area contributed by atoms with Gasteiger partial charge in [-0.25, -0.2) is 4.79 Å². The Morgan fingerprint density at radius 1 is 1.30 bits per heavy atom. The van der Waals surface area contributed by atoms with E-state index in [0.29, 0.717) is 13.0 Å². The summed E-state index contributed by atoms with van der Waals surface area (Å²) in [6, 6.07) is 3.89. The van der Waals surface area contributed by atoms with Crippen LogP contribution in [0, 0.1) is 6.92 Å². The summed E-state index contributed by atoms with van der Waals surface area (Å²) in [6.07, 6.45) is 2.46. The summed E-state index contributed by atoms with van der Waals surface area (Å²) in [5.74, 6) is -0.768. The van der Waals surface area contributed by atoms with Gasteiger partial charge in [-0.1, -0.05) is 6.42 Å². The van der Waals surface area contributed by atoms with Gasteiger partial charge < -0.3 is 15.7 Å². The first-order valence-corrected chi connectivity index (χ1v) is 7.63. The second-order valence-electron chi connectivity index (χ2n) is 4.77. The largest absolute Gasteiger partial charge is 0.481 e. The van der Waals surface area contributed by atoms with E-state index in [1.54, 1.807) is 11.3 Å². The Labute approximate surface area is 123 Å². The van der Waals surface area contributed by atoms with Crippen LogP contribution < -0.4 is 10.6 Å². The van der Waals surface area contributed by atoms with Gasteiger partial charge in [-0.15, -0.1) is 11.3 Å². The second-order valence-corrected chi connectivity index (χ2v) is 6.09. The summed E-state index contributed by atoms with van der Waals surface area (Å²) in [5, 5.41) is 14.2. The lowest BCUT2D eigenvalue weighted by atomic mass is 10.2. The molecule has 0 bridgehead atoms. The molecule has 5 nitrogen and oxygen atoms in total. The van der Waals surface area contributed by atoms with Crippen LogP contribution >= 0.6 is 11.3 Å². The summed E-state index contributed by atoms with van der Waals surface area (Å²) < 4.78 is 0. The predicted molar refractivity (Wildman–Crippen MR) is 80.1 cm³/mol.